The molecule has 0 saturated heterocycles. The maximum atomic E-state index is 13.7. The summed E-state index contributed by atoms with van der Waals surface area (Å²) < 4.78 is 1.93. The first-order chi connectivity index (χ1) is 22.8. The minimum absolute atomic E-state index is 0.0383. The van der Waals surface area contributed by atoms with E-state index in [1.54, 1.807) is 0 Å². The highest BCUT2D eigenvalue weighted by Crippen LogP contribution is 2.40. The summed E-state index contributed by atoms with van der Waals surface area (Å²) in [5, 5.41) is 16.3. The van der Waals surface area contributed by atoms with Gasteiger partial charge in [0.2, 0.25) is 5.91 Å². The molecule has 3 aromatic carbocycles. The van der Waals surface area contributed by atoms with Gasteiger partial charge in [-0.2, -0.15) is 0 Å². The average Bonchev–Trinajstić information content (AvgIpc) is 3.56. The van der Waals surface area contributed by atoms with Crippen molar-refractivity contribution < 1.29 is 9.59 Å². The predicted molar refractivity (Wildman–Crippen MR) is 187 cm³/mol. The summed E-state index contributed by atoms with van der Waals surface area (Å²) in [5.74, 6) is 0.841. The summed E-state index contributed by atoms with van der Waals surface area (Å²) in [5.41, 5.74) is 14.8. The largest absolute Gasteiger partial charge is 0.352 e. The van der Waals surface area contributed by atoms with E-state index in [0.29, 0.717) is 39.5 Å². The van der Waals surface area contributed by atoms with E-state index in [1.807, 2.05) is 79.9 Å². The van der Waals surface area contributed by atoms with Crippen LogP contribution in [0.5, 0.6) is 0 Å². The van der Waals surface area contributed by atoms with E-state index >= 15 is 0 Å². The summed E-state index contributed by atoms with van der Waals surface area (Å²) in [6.07, 6.45) is 1.74. The van der Waals surface area contributed by atoms with Crippen LogP contribution in [0.4, 0.5) is 17.1 Å². The molecule has 0 aliphatic carbocycles. The molecule has 0 radical (unpaired) electrons. The molecule has 0 fully saturated rings. The Bertz CT molecular complexity index is 2050. The van der Waals surface area contributed by atoms with Gasteiger partial charge in [-0.1, -0.05) is 41.9 Å². The van der Waals surface area contributed by atoms with Gasteiger partial charge in [0, 0.05) is 28.4 Å². The Hall–Kier alpha value is -5.00. The fourth-order valence-electron chi connectivity index (χ4n) is 6.13. The summed E-state index contributed by atoms with van der Waals surface area (Å²) in [4.78, 5) is 32.6. The van der Waals surface area contributed by atoms with Crippen LogP contribution in [0.1, 0.15) is 68.5 Å². The molecule has 2 aromatic heterocycles. The Morgan fingerprint density at radius 3 is 2.51 bits per heavy atom. The fraction of sp³-hybridized carbons (Fsp3) is 0.229. The highest BCUT2D eigenvalue weighted by Gasteiger charge is 2.34. The SMILES string of the molecule is CCNC(=O)c1sc2c(c1C)C(c1ccc(Cl)cc1)=N[C@@H](CC(=O)Nc1ccc3c(c1)CCc1ccccc1NN3)c1nnc(C)n1-2. The molecule has 0 spiro atoms. The van der Waals surface area contributed by atoms with Crippen LogP contribution in [0, 0.1) is 13.8 Å². The van der Waals surface area contributed by atoms with Crippen LogP contribution in [0.3, 0.4) is 0 Å². The number of fused-ring (bicyclic) bond motifs is 5. The van der Waals surface area contributed by atoms with Crippen molar-refractivity contribution in [3.05, 3.63) is 116 Å². The van der Waals surface area contributed by atoms with Crippen LogP contribution in [0.25, 0.3) is 5.00 Å². The number of hydrazine groups is 1. The molecular weight excluding hydrogens is 632 g/mol. The predicted octanol–water partition coefficient (Wildman–Crippen LogP) is 6.81. The maximum absolute atomic E-state index is 13.7. The van der Waals surface area contributed by atoms with E-state index in [2.05, 4.69) is 43.8 Å². The van der Waals surface area contributed by atoms with Gasteiger partial charge in [0.15, 0.2) is 5.82 Å². The van der Waals surface area contributed by atoms with Gasteiger partial charge in [0.25, 0.3) is 5.91 Å². The number of thiophene rings is 1. The number of benzene rings is 3. The van der Waals surface area contributed by atoms with Crippen LogP contribution in [-0.4, -0.2) is 38.8 Å². The van der Waals surface area contributed by atoms with Gasteiger partial charge in [0.1, 0.15) is 16.9 Å². The minimum Gasteiger partial charge on any atom is -0.352 e. The Labute approximate surface area is 281 Å². The molecule has 2 aliphatic rings. The van der Waals surface area contributed by atoms with E-state index in [-0.39, 0.29) is 18.2 Å². The van der Waals surface area contributed by atoms with Crippen molar-refractivity contribution in [3.8, 4) is 5.00 Å². The molecule has 4 N–H and O–H groups in total. The Morgan fingerprint density at radius 2 is 1.72 bits per heavy atom. The van der Waals surface area contributed by atoms with Crippen LogP contribution in [0.2, 0.25) is 5.02 Å². The number of carbonyl (C=O) groups excluding carboxylic acids is 2. The molecule has 0 unspecified atom stereocenters. The van der Waals surface area contributed by atoms with E-state index in [1.165, 1.54) is 16.9 Å². The number of para-hydroxylation sites is 1. The molecule has 5 aromatic rings. The number of anilines is 3. The summed E-state index contributed by atoms with van der Waals surface area (Å²) in [7, 11) is 0. The Balaban J connectivity index is 1.22. The van der Waals surface area contributed by atoms with Crippen molar-refractivity contribution in [2.75, 3.05) is 22.7 Å². The third-order valence-corrected chi connectivity index (χ3v) is 9.97. The van der Waals surface area contributed by atoms with Gasteiger partial charge in [0.05, 0.1) is 28.4 Å². The smallest absolute Gasteiger partial charge is 0.261 e. The molecule has 2 aliphatic heterocycles. The zero-order valence-corrected chi connectivity index (χ0v) is 27.7. The van der Waals surface area contributed by atoms with Crippen molar-refractivity contribution in [2.45, 2.75) is 46.1 Å². The second kappa shape index (κ2) is 12.7. The minimum atomic E-state index is -0.638. The van der Waals surface area contributed by atoms with Crippen molar-refractivity contribution in [3.63, 3.8) is 0 Å². The van der Waals surface area contributed by atoms with Gasteiger partial charge < -0.3 is 21.5 Å². The number of nitrogens with one attached hydrogen (secondary N) is 4. The topological polar surface area (TPSA) is 125 Å². The average molecular weight is 665 g/mol. The van der Waals surface area contributed by atoms with Crippen LogP contribution < -0.4 is 21.5 Å². The van der Waals surface area contributed by atoms with Crippen LogP contribution in [0.15, 0.2) is 71.7 Å². The molecule has 10 nitrogen and oxygen atoms in total. The standard InChI is InChI=1S/C35H33ClN8O2S/c1-4-37-34(46)32-19(2)30-31(22-11-13-24(36)14-12-22)39-28(33-43-40-20(3)44(33)35(30)47-32)18-29(45)38-25-15-16-27-23(17-25)10-9-21-7-5-6-8-26(21)41-42-27/h5-8,11-17,28,41-42H,4,9-10,18H2,1-3H3,(H,37,46)(H,38,45)/t28-/m0/s1. The molecule has 238 valence electrons. The normalized spacial score (nSPS) is 14.8. The number of aryl methyl sites for hydroxylation is 3. The van der Waals surface area contributed by atoms with E-state index in [0.717, 1.165) is 51.5 Å². The number of halogens is 1. The lowest BCUT2D eigenvalue weighted by atomic mass is 9.99. The highest BCUT2D eigenvalue weighted by molar-refractivity contribution is 7.17. The number of rotatable bonds is 6. The zero-order chi connectivity index (χ0) is 32.7. The Morgan fingerprint density at radius 1 is 0.979 bits per heavy atom. The van der Waals surface area contributed by atoms with Crippen molar-refractivity contribution in [1.82, 2.24) is 20.1 Å². The van der Waals surface area contributed by atoms with Crippen molar-refractivity contribution in [1.29, 1.82) is 0 Å². The summed E-state index contributed by atoms with van der Waals surface area (Å²) >= 11 is 7.63. The number of nitrogens with zero attached hydrogens (tertiary/aromatic N) is 4. The lowest BCUT2D eigenvalue weighted by Gasteiger charge is -2.21. The number of aliphatic imine (C=N–C) groups is 1. The molecule has 0 saturated carbocycles. The quantitative estimate of drug-likeness (QED) is 0.158. The first-order valence-corrected chi connectivity index (χ1v) is 16.7. The molecule has 4 heterocycles. The number of amides is 2. The third kappa shape index (κ3) is 5.88. The zero-order valence-electron chi connectivity index (χ0n) is 26.1. The number of hydrogen-bond donors (Lipinski definition) is 4. The van der Waals surface area contributed by atoms with Crippen LogP contribution >= 0.6 is 22.9 Å². The second-order valence-electron chi connectivity index (χ2n) is 11.6. The Kier molecular flexibility index (Phi) is 8.25. The van der Waals surface area contributed by atoms with Gasteiger partial charge in [-0.25, -0.2) is 0 Å². The first kappa shape index (κ1) is 30.6. The van der Waals surface area contributed by atoms with E-state index in [4.69, 9.17) is 16.6 Å². The molecule has 47 heavy (non-hydrogen) atoms. The molecule has 2 amide bonds. The maximum Gasteiger partial charge on any atom is 0.261 e. The molecule has 12 heteroatoms. The summed E-state index contributed by atoms with van der Waals surface area (Å²) in [6, 6.07) is 20.9. The number of aromatic nitrogens is 3. The van der Waals surface area contributed by atoms with Gasteiger partial charge in [-0.3, -0.25) is 19.1 Å². The monoisotopic (exact) mass is 664 g/mol. The van der Waals surface area contributed by atoms with Crippen molar-refractivity contribution in [2.24, 2.45) is 4.99 Å². The van der Waals surface area contributed by atoms with Crippen LogP contribution in [-0.2, 0) is 17.6 Å². The van der Waals surface area contributed by atoms with E-state index in [9.17, 15) is 9.59 Å². The fourth-order valence-corrected chi connectivity index (χ4v) is 7.54. The molecule has 7 rings (SSSR count). The van der Waals surface area contributed by atoms with Gasteiger partial charge in [-0.05, 0) is 86.7 Å². The van der Waals surface area contributed by atoms with E-state index < -0.39 is 6.04 Å². The lowest BCUT2D eigenvalue weighted by molar-refractivity contribution is -0.116. The third-order valence-electron chi connectivity index (χ3n) is 8.44. The first-order valence-electron chi connectivity index (χ1n) is 15.5. The molecule has 1 atom stereocenters. The molecular formula is C35H33ClN8O2S. The lowest BCUT2D eigenvalue weighted by Crippen LogP contribution is -2.22. The second-order valence-corrected chi connectivity index (χ2v) is 13.0. The summed E-state index contributed by atoms with van der Waals surface area (Å²) in [6.45, 7) is 6.20. The van der Waals surface area contributed by atoms with Gasteiger partial charge >= 0.3 is 0 Å². The molecule has 0 bridgehead atoms. The highest BCUT2D eigenvalue weighted by atomic mass is 35.5. The van der Waals surface area contributed by atoms with Gasteiger partial charge in [-0.15, -0.1) is 21.5 Å². The number of hydrogen-bond acceptors (Lipinski definition) is 8. The number of carbonyl (C=O) groups is 2. The van der Waals surface area contributed by atoms with Crippen molar-refractivity contribution >= 4 is 57.5 Å².